The van der Waals surface area contributed by atoms with Gasteiger partial charge in [-0.1, -0.05) is 19.3 Å². The maximum atomic E-state index is 11.4. The van der Waals surface area contributed by atoms with Crippen LogP contribution in [-0.4, -0.2) is 30.8 Å². The monoisotopic (exact) mass is 270 g/mol. The van der Waals surface area contributed by atoms with Gasteiger partial charge in [-0.15, -0.1) is 0 Å². The Bertz CT molecular complexity index is 270. The molecule has 112 valence electrons. The van der Waals surface area contributed by atoms with Crippen LogP contribution in [0.5, 0.6) is 0 Å². The lowest BCUT2D eigenvalue weighted by molar-refractivity contribution is 0.0527. The van der Waals surface area contributed by atoms with Crippen molar-refractivity contribution in [1.82, 2.24) is 10.6 Å². The van der Waals surface area contributed by atoms with Gasteiger partial charge in [0, 0.05) is 12.6 Å². The molecule has 1 aliphatic rings. The molecule has 0 heterocycles. The summed E-state index contributed by atoms with van der Waals surface area (Å²) in [5.41, 5.74) is -0.417. The van der Waals surface area contributed by atoms with Gasteiger partial charge in [-0.25, -0.2) is 4.79 Å². The molecule has 0 aromatic carbocycles. The third-order valence-corrected chi connectivity index (χ3v) is 3.43. The molecule has 0 spiro atoms. The van der Waals surface area contributed by atoms with Gasteiger partial charge in [-0.2, -0.15) is 0 Å². The summed E-state index contributed by atoms with van der Waals surface area (Å²) in [6.07, 6.45) is 6.14. The van der Waals surface area contributed by atoms with Gasteiger partial charge in [0.2, 0.25) is 0 Å². The van der Waals surface area contributed by atoms with Gasteiger partial charge in [0.1, 0.15) is 5.60 Å². The van der Waals surface area contributed by atoms with E-state index >= 15 is 0 Å². The Morgan fingerprint density at radius 1 is 1.32 bits per heavy atom. The van der Waals surface area contributed by atoms with Crippen molar-refractivity contribution < 1.29 is 9.53 Å². The van der Waals surface area contributed by atoms with Crippen LogP contribution < -0.4 is 10.6 Å². The van der Waals surface area contributed by atoms with Gasteiger partial charge in [0.25, 0.3) is 0 Å². The normalized spacial score (nSPS) is 17.7. The number of nitrogens with one attached hydrogen (secondary N) is 2. The Hall–Kier alpha value is -0.770. The van der Waals surface area contributed by atoms with Crippen molar-refractivity contribution in [2.75, 3.05) is 13.1 Å². The zero-order valence-corrected chi connectivity index (χ0v) is 12.9. The van der Waals surface area contributed by atoms with E-state index in [1.54, 1.807) is 0 Å². The zero-order chi connectivity index (χ0) is 14.3. The molecule has 1 aliphatic carbocycles. The van der Waals surface area contributed by atoms with Crippen LogP contribution in [0.25, 0.3) is 0 Å². The maximum Gasteiger partial charge on any atom is 0.407 e. The quantitative estimate of drug-likeness (QED) is 0.699. The summed E-state index contributed by atoms with van der Waals surface area (Å²) in [5, 5.41) is 6.29. The van der Waals surface area contributed by atoms with Crippen molar-refractivity contribution in [2.45, 2.75) is 71.4 Å². The molecule has 1 rings (SSSR count). The number of alkyl carbamates (subject to hydrolysis) is 1. The van der Waals surface area contributed by atoms with Crippen LogP contribution in [-0.2, 0) is 4.74 Å². The Morgan fingerprint density at radius 2 is 2.00 bits per heavy atom. The van der Waals surface area contributed by atoms with Crippen molar-refractivity contribution >= 4 is 6.09 Å². The minimum Gasteiger partial charge on any atom is -0.444 e. The standard InChI is InChI=1S/C15H30N2O2/c1-12(11-13-7-5-8-13)16-9-6-10-17-14(18)19-15(2,3)4/h12-13,16H,5-11H2,1-4H3,(H,17,18). The van der Waals surface area contributed by atoms with Crippen LogP contribution in [0.15, 0.2) is 0 Å². The van der Waals surface area contributed by atoms with Gasteiger partial charge in [0.15, 0.2) is 0 Å². The molecule has 1 atom stereocenters. The molecule has 0 saturated heterocycles. The average molecular weight is 270 g/mol. The summed E-state index contributed by atoms with van der Waals surface area (Å²) < 4.78 is 5.17. The molecule has 0 bridgehead atoms. The highest BCUT2D eigenvalue weighted by molar-refractivity contribution is 5.67. The van der Waals surface area contributed by atoms with Crippen molar-refractivity contribution in [1.29, 1.82) is 0 Å². The first-order valence-corrected chi connectivity index (χ1v) is 7.57. The summed E-state index contributed by atoms with van der Waals surface area (Å²) in [6.45, 7) is 9.48. The van der Waals surface area contributed by atoms with Gasteiger partial charge < -0.3 is 15.4 Å². The molecule has 19 heavy (non-hydrogen) atoms. The molecule has 1 saturated carbocycles. The van der Waals surface area contributed by atoms with Crippen molar-refractivity contribution in [3.8, 4) is 0 Å². The van der Waals surface area contributed by atoms with E-state index in [4.69, 9.17) is 4.74 Å². The van der Waals surface area contributed by atoms with Gasteiger partial charge in [-0.05, 0) is 53.0 Å². The summed E-state index contributed by atoms with van der Waals surface area (Å²) in [5.74, 6) is 0.947. The van der Waals surface area contributed by atoms with E-state index in [-0.39, 0.29) is 6.09 Å². The van der Waals surface area contributed by atoms with Crippen LogP contribution in [0.1, 0.15) is 59.8 Å². The minimum absolute atomic E-state index is 0.324. The summed E-state index contributed by atoms with van der Waals surface area (Å²) in [7, 11) is 0. The van der Waals surface area contributed by atoms with E-state index < -0.39 is 5.60 Å². The SMILES string of the molecule is CC(CC1CCC1)NCCCNC(=O)OC(C)(C)C. The zero-order valence-electron chi connectivity index (χ0n) is 12.9. The highest BCUT2D eigenvalue weighted by atomic mass is 16.6. The molecule has 4 nitrogen and oxygen atoms in total. The van der Waals surface area contributed by atoms with E-state index in [1.165, 1.54) is 25.7 Å². The fraction of sp³-hybridized carbons (Fsp3) is 0.933. The van der Waals surface area contributed by atoms with Crippen molar-refractivity contribution in [3.05, 3.63) is 0 Å². The topological polar surface area (TPSA) is 50.4 Å². The van der Waals surface area contributed by atoms with E-state index in [0.717, 1.165) is 18.9 Å². The summed E-state index contributed by atoms with van der Waals surface area (Å²) >= 11 is 0. The molecule has 1 amide bonds. The van der Waals surface area contributed by atoms with Crippen LogP contribution in [0, 0.1) is 5.92 Å². The Balaban J connectivity index is 1.94. The molecular formula is C15H30N2O2. The molecule has 0 aliphatic heterocycles. The van der Waals surface area contributed by atoms with Gasteiger partial charge in [-0.3, -0.25) is 0 Å². The van der Waals surface area contributed by atoms with Crippen molar-refractivity contribution in [3.63, 3.8) is 0 Å². The molecule has 1 unspecified atom stereocenters. The lowest BCUT2D eigenvalue weighted by atomic mass is 9.81. The smallest absolute Gasteiger partial charge is 0.407 e. The number of hydrogen-bond donors (Lipinski definition) is 2. The second-order valence-electron chi connectivity index (χ2n) is 6.67. The lowest BCUT2D eigenvalue weighted by Crippen LogP contribution is -2.35. The van der Waals surface area contributed by atoms with E-state index in [2.05, 4.69) is 17.6 Å². The van der Waals surface area contributed by atoms with Crippen molar-refractivity contribution in [2.24, 2.45) is 5.92 Å². The summed E-state index contributed by atoms with van der Waals surface area (Å²) in [6, 6.07) is 0.590. The largest absolute Gasteiger partial charge is 0.444 e. The highest BCUT2D eigenvalue weighted by Gasteiger charge is 2.19. The average Bonchev–Trinajstić information content (AvgIpc) is 2.20. The Morgan fingerprint density at radius 3 is 2.53 bits per heavy atom. The maximum absolute atomic E-state index is 11.4. The molecule has 0 aromatic rings. The van der Waals surface area contributed by atoms with Crippen LogP contribution in [0.2, 0.25) is 0 Å². The summed E-state index contributed by atoms with van der Waals surface area (Å²) in [4.78, 5) is 11.4. The minimum atomic E-state index is -0.417. The number of rotatable bonds is 7. The van der Waals surface area contributed by atoms with E-state index in [9.17, 15) is 4.79 Å². The Kier molecular flexibility index (Phi) is 6.63. The lowest BCUT2D eigenvalue weighted by Gasteiger charge is -2.28. The first-order valence-electron chi connectivity index (χ1n) is 7.57. The Labute approximate surface area is 117 Å². The first-order chi connectivity index (χ1) is 8.87. The highest BCUT2D eigenvalue weighted by Crippen LogP contribution is 2.30. The molecule has 2 N–H and O–H groups in total. The van der Waals surface area contributed by atoms with Crippen LogP contribution >= 0.6 is 0 Å². The second-order valence-corrected chi connectivity index (χ2v) is 6.67. The molecular weight excluding hydrogens is 240 g/mol. The number of hydrogen-bond acceptors (Lipinski definition) is 3. The first kappa shape index (κ1) is 16.3. The molecule has 0 aromatic heterocycles. The van der Waals surface area contributed by atoms with Crippen LogP contribution in [0.4, 0.5) is 4.79 Å². The third kappa shape index (κ3) is 8.09. The molecule has 4 heteroatoms. The molecule has 0 radical (unpaired) electrons. The number of amides is 1. The van der Waals surface area contributed by atoms with Gasteiger partial charge >= 0.3 is 6.09 Å². The van der Waals surface area contributed by atoms with E-state index in [1.807, 2.05) is 20.8 Å². The predicted octanol–water partition coefficient (Wildman–Crippen LogP) is 3.07. The number of ether oxygens (including phenoxy) is 1. The second kappa shape index (κ2) is 7.73. The predicted molar refractivity (Wildman–Crippen MR) is 78.3 cm³/mol. The third-order valence-electron chi connectivity index (χ3n) is 3.43. The fourth-order valence-corrected chi connectivity index (χ4v) is 2.25. The van der Waals surface area contributed by atoms with Crippen LogP contribution in [0.3, 0.4) is 0 Å². The number of carbonyl (C=O) groups excluding carboxylic acids is 1. The number of carbonyl (C=O) groups is 1. The molecule has 1 fully saturated rings. The van der Waals surface area contributed by atoms with E-state index in [0.29, 0.717) is 12.6 Å². The van der Waals surface area contributed by atoms with Gasteiger partial charge in [0.05, 0.1) is 0 Å². The fourth-order valence-electron chi connectivity index (χ4n) is 2.25.